The summed E-state index contributed by atoms with van der Waals surface area (Å²) in [6.07, 6.45) is -3.90. The first-order valence-electron chi connectivity index (χ1n) is 12.1. The van der Waals surface area contributed by atoms with Gasteiger partial charge in [0.1, 0.15) is 12.4 Å². The van der Waals surface area contributed by atoms with Crippen LogP contribution in [-0.4, -0.2) is 79.3 Å². The van der Waals surface area contributed by atoms with Crippen LogP contribution >= 0.6 is 0 Å². The van der Waals surface area contributed by atoms with Crippen molar-refractivity contribution in [3.63, 3.8) is 0 Å². The second kappa shape index (κ2) is 9.78. The number of hydrogen-bond acceptors (Lipinski definition) is 6. The van der Waals surface area contributed by atoms with Crippen LogP contribution in [0.2, 0.25) is 0 Å². The van der Waals surface area contributed by atoms with E-state index in [0.29, 0.717) is 56.7 Å². The summed E-state index contributed by atoms with van der Waals surface area (Å²) in [5.74, 6) is -0.824. The summed E-state index contributed by atoms with van der Waals surface area (Å²) < 4.78 is 50.6. The van der Waals surface area contributed by atoms with Gasteiger partial charge in [-0.25, -0.2) is 4.79 Å². The van der Waals surface area contributed by atoms with Gasteiger partial charge in [-0.3, -0.25) is 0 Å². The SMILES string of the molecule is Cc1ccc(NC(=O)N2CCC3C2C3C(F)(F)F)cc1-c1cc(OCCO)nc(N2CCOCC2)c1. The Morgan fingerprint density at radius 2 is 2.00 bits per heavy atom. The summed E-state index contributed by atoms with van der Waals surface area (Å²) in [7, 11) is 0. The number of nitrogens with zero attached hydrogens (tertiary/aromatic N) is 3. The van der Waals surface area contributed by atoms with Crippen LogP contribution in [0.5, 0.6) is 5.88 Å². The number of piperidine rings is 1. The third kappa shape index (κ3) is 4.94. The number of morpholine rings is 1. The lowest BCUT2D eigenvalue weighted by Crippen LogP contribution is -2.38. The highest BCUT2D eigenvalue weighted by Gasteiger charge is 2.69. The number of aliphatic hydroxyl groups excluding tert-OH is 1. The van der Waals surface area contributed by atoms with E-state index >= 15 is 0 Å². The maximum atomic E-state index is 13.2. The van der Waals surface area contributed by atoms with Crippen molar-refractivity contribution in [1.29, 1.82) is 0 Å². The van der Waals surface area contributed by atoms with Crippen molar-refractivity contribution in [1.82, 2.24) is 9.88 Å². The number of carbonyl (C=O) groups excluding carboxylic acids is 1. The molecule has 3 heterocycles. The van der Waals surface area contributed by atoms with Gasteiger partial charge in [0.05, 0.1) is 25.7 Å². The molecular weight excluding hydrogens is 477 g/mol. The Hall–Kier alpha value is -3.05. The Morgan fingerprint density at radius 3 is 2.69 bits per heavy atom. The molecule has 1 aromatic heterocycles. The monoisotopic (exact) mass is 506 g/mol. The number of amides is 2. The lowest BCUT2D eigenvalue weighted by atomic mass is 10.0. The first-order chi connectivity index (χ1) is 17.3. The number of carbonyl (C=O) groups is 1. The molecule has 8 nitrogen and oxygen atoms in total. The molecule has 2 aromatic rings. The molecule has 1 aliphatic carbocycles. The molecule has 0 spiro atoms. The van der Waals surface area contributed by atoms with Crippen molar-refractivity contribution >= 4 is 17.5 Å². The number of rotatable bonds is 6. The number of aliphatic hydroxyl groups is 1. The molecule has 2 saturated heterocycles. The van der Waals surface area contributed by atoms with Crippen molar-refractivity contribution in [2.24, 2.45) is 11.8 Å². The number of benzene rings is 1. The van der Waals surface area contributed by atoms with Crippen molar-refractivity contribution in [2.75, 3.05) is 56.3 Å². The van der Waals surface area contributed by atoms with Crippen LogP contribution in [0.4, 0.5) is 29.5 Å². The molecule has 1 saturated carbocycles. The summed E-state index contributed by atoms with van der Waals surface area (Å²) >= 11 is 0. The molecule has 3 fully saturated rings. The molecule has 1 aromatic carbocycles. The van der Waals surface area contributed by atoms with Crippen molar-refractivity contribution in [3.8, 4) is 17.0 Å². The molecule has 2 amide bonds. The highest BCUT2D eigenvalue weighted by Crippen LogP contribution is 2.58. The number of halogens is 3. The summed E-state index contributed by atoms with van der Waals surface area (Å²) in [5.41, 5.74) is 3.09. The minimum absolute atomic E-state index is 0.102. The topological polar surface area (TPSA) is 87.2 Å². The number of urea groups is 1. The van der Waals surface area contributed by atoms with Gasteiger partial charge < -0.3 is 29.7 Å². The number of aromatic nitrogens is 1. The van der Waals surface area contributed by atoms with E-state index in [9.17, 15) is 23.1 Å². The Balaban J connectivity index is 1.38. The molecule has 36 heavy (non-hydrogen) atoms. The summed E-state index contributed by atoms with van der Waals surface area (Å²) in [6.45, 7) is 4.76. The van der Waals surface area contributed by atoms with Gasteiger partial charge in [0.15, 0.2) is 0 Å². The third-order valence-electron chi connectivity index (χ3n) is 7.09. The smallest absolute Gasteiger partial charge is 0.394 e. The van der Waals surface area contributed by atoms with E-state index in [4.69, 9.17) is 9.47 Å². The molecular formula is C25H29F3N4O4. The number of hydrogen-bond donors (Lipinski definition) is 2. The number of pyridine rings is 1. The van der Waals surface area contributed by atoms with E-state index in [1.165, 1.54) is 4.90 Å². The zero-order valence-corrected chi connectivity index (χ0v) is 19.9. The predicted octanol–water partition coefficient (Wildman–Crippen LogP) is 3.68. The fourth-order valence-corrected chi connectivity index (χ4v) is 5.27. The van der Waals surface area contributed by atoms with Crippen LogP contribution in [0.3, 0.4) is 0 Å². The fourth-order valence-electron chi connectivity index (χ4n) is 5.27. The van der Waals surface area contributed by atoms with E-state index in [-0.39, 0.29) is 13.2 Å². The standard InChI is InChI=1S/C25H29F3N4O4/c1-15-2-3-17(29-24(34)32-5-4-18-22(23(18)32)25(26,27)28)14-19(15)16-12-20(31-6-9-35-10-7-31)30-21(13-16)36-11-8-33/h2-3,12-14,18,22-23,33H,4-11H2,1H3,(H,29,34). The molecule has 2 N–H and O–H groups in total. The van der Waals surface area contributed by atoms with Gasteiger partial charge in [-0.15, -0.1) is 0 Å². The maximum Gasteiger partial charge on any atom is 0.394 e. The van der Waals surface area contributed by atoms with Crippen LogP contribution in [0.25, 0.3) is 11.1 Å². The van der Waals surface area contributed by atoms with Crippen molar-refractivity contribution < 1.29 is 32.5 Å². The van der Waals surface area contributed by atoms with Gasteiger partial charge in [0.25, 0.3) is 0 Å². The average molecular weight is 507 g/mol. The second-order valence-corrected chi connectivity index (χ2v) is 9.39. The van der Waals surface area contributed by atoms with Crippen LogP contribution in [0.15, 0.2) is 30.3 Å². The zero-order valence-electron chi connectivity index (χ0n) is 19.9. The molecule has 0 bridgehead atoms. The van der Waals surface area contributed by atoms with Gasteiger partial charge in [-0.1, -0.05) is 6.07 Å². The zero-order chi connectivity index (χ0) is 25.4. The first kappa shape index (κ1) is 24.6. The Kier molecular flexibility index (Phi) is 6.69. The minimum atomic E-state index is -4.28. The van der Waals surface area contributed by atoms with Crippen LogP contribution < -0.4 is 15.0 Å². The molecule has 5 rings (SSSR count). The van der Waals surface area contributed by atoms with E-state index < -0.39 is 30.1 Å². The number of anilines is 2. The lowest BCUT2D eigenvalue weighted by molar-refractivity contribution is -0.156. The molecule has 3 atom stereocenters. The first-order valence-corrected chi connectivity index (χ1v) is 12.1. The molecule has 3 aliphatic rings. The largest absolute Gasteiger partial charge is 0.475 e. The predicted molar refractivity (Wildman–Crippen MR) is 127 cm³/mol. The molecule has 11 heteroatoms. The minimum Gasteiger partial charge on any atom is -0.475 e. The van der Waals surface area contributed by atoms with Crippen LogP contribution in [0.1, 0.15) is 12.0 Å². The Bertz CT molecular complexity index is 1120. The number of aryl methyl sites for hydroxylation is 1. The maximum absolute atomic E-state index is 13.2. The average Bonchev–Trinajstić information content (AvgIpc) is 3.45. The van der Waals surface area contributed by atoms with E-state index in [1.54, 1.807) is 12.1 Å². The molecule has 3 unspecified atom stereocenters. The highest BCUT2D eigenvalue weighted by molar-refractivity contribution is 5.91. The Labute approximate surface area is 207 Å². The van der Waals surface area contributed by atoms with Gasteiger partial charge in [0, 0.05) is 37.4 Å². The van der Waals surface area contributed by atoms with E-state index in [2.05, 4.69) is 15.2 Å². The number of fused-ring (bicyclic) bond motifs is 1. The number of alkyl halides is 3. The van der Waals surface area contributed by atoms with Crippen LogP contribution in [0, 0.1) is 18.8 Å². The summed E-state index contributed by atoms with van der Waals surface area (Å²) in [4.78, 5) is 20.9. The molecule has 194 valence electrons. The van der Waals surface area contributed by atoms with Crippen molar-refractivity contribution in [3.05, 3.63) is 35.9 Å². The summed E-state index contributed by atoms with van der Waals surface area (Å²) in [6, 6.07) is 7.84. The number of nitrogens with one attached hydrogen (secondary N) is 1. The fraction of sp³-hybridized carbons (Fsp3) is 0.520. The van der Waals surface area contributed by atoms with Gasteiger partial charge >= 0.3 is 12.2 Å². The van der Waals surface area contributed by atoms with Gasteiger partial charge in [-0.2, -0.15) is 18.2 Å². The normalized spacial score (nSPS) is 23.4. The van der Waals surface area contributed by atoms with Crippen LogP contribution in [-0.2, 0) is 4.74 Å². The highest BCUT2D eigenvalue weighted by atomic mass is 19.4. The Morgan fingerprint density at radius 1 is 1.22 bits per heavy atom. The number of likely N-dealkylation sites (tertiary alicyclic amines) is 1. The van der Waals surface area contributed by atoms with E-state index in [0.717, 1.165) is 16.7 Å². The van der Waals surface area contributed by atoms with Crippen molar-refractivity contribution in [2.45, 2.75) is 25.6 Å². The lowest BCUT2D eigenvalue weighted by Gasteiger charge is -2.28. The number of ether oxygens (including phenoxy) is 2. The van der Waals surface area contributed by atoms with Gasteiger partial charge in [-0.05, 0) is 54.2 Å². The second-order valence-electron chi connectivity index (χ2n) is 9.39. The van der Waals surface area contributed by atoms with E-state index in [1.807, 2.05) is 25.1 Å². The molecule has 0 radical (unpaired) electrons. The summed E-state index contributed by atoms with van der Waals surface area (Å²) in [5, 5.41) is 12.0. The third-order valence-corrected chi connectivity index (χ3v) is 7.09. The van der Waals surface area contributed by atoms with Gasteiger partial charge in [0.2, 0.25) is 5.88 Å². The molecule has 2 aliphatic heterocycles. The quantitative estimate of drug-likeness (QED) is 0.622.